The van der Waals surface area contributed by atoms with E-state index in [1.54, 1.807) is 0 Å². The molecule has 0 aliphatic carbocycles. The molecule has 0 saturated heterocycles. The van der Waals surface area contributed by atoms with Crippen molar-refractivity contribution in [2.75, 3.05) is 0 Å². The largest absolute Gasteiger partial charge is 0.0885 e. The average molecular weight is 221 g/mol. The van der Waals surface area contributed by atoms with Gasteiger partial charge in [-0.15, -0.1) is 0 Å². The van der Waals surface area contributed by atoms with E-state index in [4.69, 9.17) is 0 Å². The molecule has 16 heavy (non-hydrogen) atoms. The van der Waals surface area contributed by atoms with Gasteiger partial charge in [-0.2, -0.15) is 0 Å². The fourth-order valence-electron chi connectivity index (χ4n) is 1.63. The Bertz CT molecular complexity index is 165. The van der Waals surface area contributed by atoms with Crippen LogP contribution >= 0.6 is 0 Å². The third kappa shape index (κ3) is 13.5. The molecule has 0 aliphatic heterocycles. The van der Waals surface area contributed by atoms with Gasteiger partial charge in [-0.05, 0) is 44.9 Å². The van der Waals surface area contributed by atoms with E-state index < -0.39 is 0 Å². The maximum atomic E-state index is 3.81. The lowest BCUT2D eigenvalue weighted by Gasteiger charge is -1.94. The summed E-state index contributed by atoms with van der Waals surface area (Å²) in [5.74, 6) is 0. The molecule has 0 atom stereocenters. The van der Waals surface area contributed by atoms with Crippen LogP contribution in [0, 0.1) is 6.92 Å². The zero-order valence-corrected chi connectivity index (χ0v) is 11.1. The Kier molecular flexibility index (Phi) is 14.0. The van der Waals surface area contributed by atoms with E-state index in [0.29, 0.717) is 0 Å². The first-order valence-corrected chi connectivity index (χ1v) is 7.01. The van der Waals surface area contributed by atoms with Crippen molar-refractivity contribution in [1.29, 1.82) is 0 Å². The third-order valence-corrected chi connectivity index (χ3v) is 2.67. The lowest BCUT2D eigenvalue weighted by Crippen LogP contribution is -1.74. The summed E-state index contributed by atoms with van der Waals surface area (Å²) >= 11 is 0. The predicted molar refractivity (Wildman–Crippen MR) is 75.5 cm³/mol. The fraction of sp³-hybridized carbons (Fsp3) is 0.688. The molecular formula is C16H29. The zero-order chi connectivity index (χ0) is 11.9. The normalized spacial score (nSPS) is 11.9. The van der Waals surface area contributed by atoms with Crippen LogP contribution in [0.4, 0.5) is 0 Å². The first-order chi connectivity index (χ1) is 7.91. The van der Waals surface area contributed by atoms with Crippen LogP contribution in [-0.4, -0.2) is 0 Å². The Balaban J connectivity index is 3.09. The summed E-state index contributed by atoms with van der Waals surface area (Å²) in [6.07, 6.45) is 21.9. The third-order valence-electron chi connectivity index (χ3n) is 2.67. The van der Waals surface area contributed by atoms with Gasteiger partial charge in [0, 0.05) is 0 Å². The van der Waals surface area contributed by atoms with Gasteiger partial charge in [0.25, 0.3) is 0 Å². The standard InChI is InChI=1S/C16H29/c1-3-5-7-9-11-13-15-16-14-12-10-8-6-4-2/h7,9,14,16H,1,3-6,8,10-13,15H2,2H3. The summed E-state index contributed by atoms with van der Waals surface area (Å²) in [4.78, 5) is 0. The van der Waals surface area contributed by atoms with Gasteiger partial charge in [0.2, 0.25) is 0 Å². The van der Waals surface area contributed by atoms with Gasteiger partial charge in [-0.25, -0.2) is 0 Å². The lowest BCUT2D eigenvalue weighted by atomic mass is 10.1. The highest BCUT2D eigenvalue weighted by Gasteiger charge is 1.84. The van der Waals surface area contributed by atoms with Crippen LogP contribution in [0.3, 0.4) is 0 Å². The molecule has 93 valence electrons. The SMILES string of the molecule is [CH2]CCC=CCCCC=CCCCCCC. The molecule has 0 rings (SSSR count). The molecule has 0 unspecified atom stereocenters. The molecule has 0 aliphatic rings. The quantitative estimate of drug-likeness (QED) is 0.303. The van der Waals surface area contributed by atoms with Crippen LogP contribution in [0.15, 0.2) is 24.3 Å². The summed E-state index contributed by atoms with van der Waals surface area (Å²) in [6, 6.07) is 0. The summed E-state index contributed by atoms with van der Waals surface area (Å²) in [6.45, 7) is 6.07. The molecule has 0 nitrogen and oxygen atoms in total. The first-order valence-electron chi connectivity index (χ1n) is 7.01. The van der Waals surface area contributed by atoms with Crippen LogP contribution < -0.4 is 0 Å². The van der Waals surface area contributed by atoms with E-state index in [2.05, 4.69) is 38.2 Å². The zero-order valence-electron chi connectivity index (χ0n) is 11.1. The molecule has 0 aromatic carbocycles. The van der Waals surface area contributed by atoms with Crippen molar-refractivity contribution in [1.82, 2.24) is 0 Å². The van der Waals surface area contributed by atoms with Crippen molar-refractivity contribution in [2.45, 2.75) is 71.1 Å². The lowest BCUT2D eigenvalue weighted by molar-refractivity contribution is 0.673. The van der Waals surface area contributed by atoms with Gasteiger partial charge >= 0.3 is 0 Å². The topological polar surface area (TPSA) is 0 Å². The van der Waals surface area contributed by atoms with Gasteiger partial charge < -0.3 is 0 Å². The van der Waals surface area contributed by atoms with E-state index in [1.165, 1.54) is 51.4 Å². The predicted octanol–water partition coefficient (Wildman–Crippen LogP) is 5.85. The number of unbranched alkanes of at least 4 members (excludes halogenated alkanes) is 7. The molecule has 0 heteroatoms. The second kappa shape index (κ2) is 14.5. The van der Waals surface area contributed by atoms with Crippen molar-refractivity contribution in [3.8, 4) is 0 Å². The maximum Gasteiger partial charge on any atom is -0.0348 e. The van der Waals surface area contributed by atoms with Crippen LogP contribution in [0.1, 0.15) is 71.1 Å². The number of rotatable bonds is 11. The highest BCUT2D eigenvalue weighted by atomic mass is 13.9. The molecule has 0 amide bonds. The van der Waals surface area contributed by atoms with Crippen molar-refractivity contribution >= 4 is 0 Å². The van der Waals surface area contributed by atoms with E-state index >= 15 is 0 Å². The fourth-order valence-corrected chi connectivity index (χ4v) is 1.63. The highest BCUT2D eigenvalue weighted by molar-refractivity contribution is 4.85. The van der Waals surface area contributed by atoms with Crippen molar-refractivity contribution in [3.05, 3.63) is 31.2 Å². The Morgan fingerprint density at radius 1 is 0.688 bits per heavy atom. The Hall–Kier alpha value is -0.520. The number of hydrogen-bond donors (Lipinski definition) is 0. The monoisotopic (exact) mass is 221 g/mol. The summed E-state index contributed by atoms with van der Waals surface area (Å²) in [5, 5.41) is 0. The number of hydrogen-bond acceptors (Lipinski definition) is 0. The second-order valence-corrected chi connectivity index (χ2v) is 4.37. The molecular weight excluding hydrogens is 192 g/mol. The molecule has 0 bridgehead atoms. The van der Waals surface area contributed by atoms with Crippen LogP contribution in [0.25, 0.3) is 0 Å². The molecule has 0 aromatic rings. The van der Waals surface area contributed by atoms with E-state index in [1.807, 2.05) is 0 Å². The van der Waals surface area contributed by atoms with E-state index in [0.717, 1.165) is 12.8 Å². The second-order valence-electron chi connectivity index (χ2n) is 4.37. The summed E-state index contributed by atoms with van der Waals surface area (Å²) in [5.41, 5.74) is 0. The van der Waals surface area contributed by atoms with Gasteiger partial charge in [0.05, 0.1) is 0 Å². The minimum Gasteiger partial charge on any atom is -0.0885 e. The minimum absolute atomic E-state index is 1.02. The van der Waals surface area contributed by atoms with Crippen molar-refractivity contribution in [3.63, 3.8) is 0 Å². The Labute approximate surface area is 103 Å². The average Bonchev–Trinajstić information content (AvgIpc) is 2.31. The van der Waals surface area contributed by atoms with Crippen LogP contribution in [0.5, 0.6) is 0 Å². The smallest absolute Gasteiger partial charge is 0.0348 e. The summed E-state index contributed by atoms with van der Waals surface area (Å²) < 4.78 is 0. The van der Waals surface area contributed by atoms with Crippen molar-refractivity contribution in [2.24, 2.45) is 0 Å². The molecule has 0 heterocycles. The molecule has 0 aromatic heterocycles. The van der Waals surface area contributed by atoms with Crippen molar-refractivity contribution < 1.29 is 0 Å². The first kappa shape index (κ1) is 15.5. The molecule has 0 spiro atoms. The molecule has 0 fully saturated rings. The Morgan fingerprint density at radius 3 is 1.81 bits per heavy atom. The van der Waals surface area contributed by atoms with E-state index in [9.17, 15) is 0 Å². The maximum absolute atomic E-state index is 3.81. The van der Waals surface area contributed by atoms with Crippen LogP contribution in [0.2, 0.25) is 0 Å². The molecule has 1 radical (unpaired) electrons. The molecule has 0 saturated carbocycles. The van der Waals surface area contributed by atoms with Crippen LogP contribution in [-0.2, 0) is 0 Å². The summed E-state index contributed by atoms with van der Waals surface area (Å²) in [7, 11) is 0. The van der Waals surface area contributed by atoms with Gasteiger partial charge in [0.1, 0.15) is 0 Å². The highest BCUT2D eigenvalue weighted by Crippen LogP contribution is 2.04. The van der Waals surface area contributed by atoms with Gasteiger partial charge in [0.15, 0.2) is 0 Å². The number of allylic oxidation sites excluding steroid dienone is 4. The Morgan fingerprint density at radius 2 is 1.25 bits per heavy atom. The van der Waals surface area contributed by atoms with Gasteiger partial charge in [-0.3, -0.25) is 0 Å². The van der Waals surface area contributed by atoms with Gasteiger partial charge in [-0.1, -0.05) is 57.4 Å². The minimum atomic E-state index is 1.02. The molecule has 0 N–H and O–H groups in total. The van der Waals surface area contributed by atoms with E-state index in [-0.39, 0.29) is 0 Å².